The lowest BCUT2D eigenvalue weighted by Crippen LogP contribution is -2.50. The Morgan fingerprint density at radius 3 is 2.79 bits per heavy atom. The summed E-state index contributed by atoms with van der Waals surface area (Å²) < 4.78 is 13.5. The van der Waals surface area contributed by atoms with E-state index in [2.05, 4.69) is 15.5 Å². The van der Waals surface area contributed by atoms with Crippen LogP contribution in [0.4, 0.5) is 4.39 Å². The second-order valence-corrected chi connectivity index (χ2v) is 7.00. The van der Waals surface area contributed by atoms with Crippen LogP contribution >= 0.6 is 0 Å². The average Bonchev–Trinajstić information content (AvgIpc) is 2.84. The number of carbonyl (C=O) groups is 1. The summed E-state index contributed by atoms with van der Waals surface area (Å²) in [5.74, 6) is -0.119. The van der Waals surface area contributed by atoms with E-state index < -0.39 is 0 Å². The van der Waals surface area contributed by atoms with Gasteiger partial charge in [-0.1, -0.05) is 37.8 Å². The molecule has 0 spiro atoms. The number of hydrogen-bond acceptors (Lipinski definition) is 3. The average molecular weight is 333 g/mol. The van der Waals surface area contributed by atoms with E-state index in [4.69, 9.17) is 0 Å². The number of nitrogens with one attached hydrogen (secondary N) is 2. The van der Waals surface area contributed by atoms with Crippen molar-refractivity contribution in [2.45, 2.75) is 50.6 Å². The largest absolute Gasteiger partial charge is 0.352 e. The molecule has 0 aromatic heterocycles. The van der Waals surface area contributed by atoms with E-state index in [1.807, 2.05) is 6.07 Å². The molecule has 2 fully saturated rings. The molecule has 1 aliphatic carbocycles. The van der Waals surface area contributed by atoms with E-state index in [-0.39, 0.29) is 17.8 Å². The third-order valence-electron chi connectivity index (χ3n) is 5.15. The molecule has 1 aromatic carbocycles. The first-order valence-corrected chi connectivity index (χ1v) is 9.22. The third kappa shape index (κ3) is 4.77. The van der Waals surface area contributed by atoms with E-state index in [1.54, 1.807) is 12.1 Å². The first-order valence-electron chi connectivity index (χ1n) is 9.22. The van der Waals surface area contributed by atoms with Crippen LogP contribution in [0.5, 0.6) is 0 Å². The van der Waals surface area contributed by atoms with Gasteiger partial charge in [-0.3, -0.25) is 9.69 Å². The molecular weight excluding hydrogens is 305 g/mol. The Kier molecular flexibility index (Phi) is 6.21. The zero-order valence-corrected chi connectivity index (χ0v) is 14.3. The smallest absolute Gasteiger partial charge is 0.234 e. The van der Waals surface area contributed by atoms with E-state index in [0.29, 0.717) is 12.6 Å². The maximum Gasteiger partial charge on any atom is 0.234 e. The molecule has 0 radical (unpaired) electrons. The number of benzene rings is 1. The van der Waals surface area contributed by atoms with Gasteiger partial charge in [-0.15, -0.1) is 0 Å². The van der Waals surface area contributed by atoms with E-state index in [1.165, 1.54) is 31.7 Å². The van der Waals surface area contributed by atoms with Gasteiger partial charge in [0.15, 0.2) is 0 Å². The van der Waals surface area contributed by atoms with Gasteiger partial charge in [0.1, 0.15) is 5.82 Å². The molecule has 2 aliphatic rings. The highest BCUT2D eigenvalue weighted by molar-refractivity contribution is 5.78. The lowest BCUT2D eigenvalue weighted by molar-refractivity contribution is -0.123. The maximum absolute atomic E-state index is 13.5. The molecule has 1 saturated heterocycles. The van der Waals surface area contributed by atoms with Crippen molar-refractivity contribution in [1.82, 2.24) is 15.5 Å². The molecule has 2 N–H and O–H groups in total. The van der Waals surface area contributed by atoms with Gasteiger partial charge in [-0.05, 0) is 30.5 Å². The SMILES string of the molecule is O=C(CN1CCNCC1c1cccc(F)c1)NC1CCCCCC1. The number of hydrogen-bond donors (Lipinski definition) is 2. The van der Waals surface area contributed by atoms with Gasteiger partial charge in [0.05, 0.1) is 6.54 Å². The fourth-order valence-electron chi connectivity index (χ4n) is 3.86. The maximum atomic E-state index is 13.5. The van der Waals surface area contributed by atoms with Crippen LogP contribution < -0.4 is 10.6 Å². The second kappa shape index (κ2) is 8.58. The van der Waals surface area contributed by atoms with Crippen molar-refractivity contribution in [3.8, 4) is 0 Å². The first-order chi connectivity index (χ1) is 11.7. The predicted octanol–water partition coefficient (Wildman–Crippen LogP) is 2.61. The third-order valence-corrected chi connectivity index (χ3v) is 5.15. The molecule has 4 nitrogen and oxygen atoms in total. The second-order valence-electron chi connectivity index (χ2n) is 7.00. The molecule has 1 heterocycles. The number of halogens is 1. The van der Waals surface area contributed by atoms with Crippen LogP contribution in [0.2, 0.25) is 0 Å². The number of amides is 1. The fourth-order valence-corrected chi connectivity index (χ4v) is 3.86. The van der Waals surface area contributed by atoms with Crippen molar-refractivity contribution in [3.05, 3.63) is 35.6 Å². The highest BCUT2D eigenvalue weighted by atomic mass is 19.1. The van der Waals surface area contributed by atoms with Crippen molar-refractivity contribution in [2.75, 3.05) is 26.2 Å². The molecule has 24 heavy (non-hydrogen) atoms. The molecule has 3 rings (SSSR count). The molecule has 5 heteroatoms. The van der Waals surface area contributed by atoms with Crippen molar-refractivity contribution in [1.29, 1.82) is 0 Å². The molecule has 0 bridgehead atoms. The van der Waals surface area contributed by atoms with Crippen LogP contribution in [-0.2, 0) is 4.79 Å². The summed E-state index contributed by atoms with van der Waals surface area (Å²) in [5, 5.41) is 6.56. The van der Waals surface area contributed by atoms with Gasteiger partial charge in [0.2, 0.25) is 5.91 Å². The van der Waals surface area contributed by atoms with Crippen LogP contribution in [0, 0.1) is 5.82 Å². The van der Waals surface area contributed by atoms with Crippen LogP contribution in [0.15, 0.2) is 24.3 Å². The number of nitrogens with zero attached hydrogens (tertiary/aromatic N) is 1. The summed E-state index contributed by atoms with van der Waals surface area (Å²) in [4.78, 5) is 14.7. The fraction of sp³-hybridized carbons (Fsp3) is 0.632. The highest BCUT2D eigenvalue weighted by Gasteiger charge is 2.26. The summed E-state index contributed by atoms with van der Waals surface area (Å²) in [5.41, 5.74) is 0.935. The monoisotopic (exact) mass is 333 g/mol. The van der Waals surface area contributed by atoms with Crippen molar-refractivity contribution in [2.24, 2.45) is 0 Å². The Morgan fingerprint density at radius 2 is 2.04 bits per heavy atom. The van der Waals surface area contributed by atoms with E-state index in [9.17, 15) is 9.18 Å². The quantitative estimate of drug-likeness (QED) is 0.833. The van der Waals surface area contributed by atoms with Gasteiger partial charge < -0.3 is 10.6 Å². The first kappa shape index (κ1) is 17.4. The van der Waals surface area contributed by atoms with Crippen LogP contribution in [-0.4, -0.2) is 43.0 Å². The molecule has 1 aliphatic heterocycles. The molecule has 1 amide bonds. The van der Waals surface area contributed by atoms with Crippen LogP contribution in [0.3, 0.4) is 0 Å². The minimum Gasteiger partial charge on any atom is -0.352 e. The van der Waals surface area contributed by atoms with Gasteiger partial charge in [0.25, 0.3) is 0 Å². The Balaban J connectivity index is 1.59. The summed E-state index contributed by atoms with van der Waals surface area (Å²) in [6.07, 6.45) is 7.19. The molecule has 132 valence electrons. The minimum absolute atomic E-state index is 0.0503. The summed E-state index contributed by atoms with van der Waals surface area (Å²) in [6.45, 7) is 2.81. The zero-order valence-electron chi connectivity index (χ0n) is 14.3. The Morgan fingerprint density at radius 1 is 1.25 bits per heavy atom. The summed E-state index contributed by atoms with van der Waals surface area (Å²) in [6, 6.07) is 7.10. The lowest BCUT2D eigenvalue weighted by atomic mass is 10.0. The van der Waals surface area contributed by atoms with E-state index >= 15 is 0 Å². The predicted molar refractivity (Wildman–Crippen MR) is 93.2 cm³/mol. The zero-order chi connectivity index (χ0) is 16.8. The number of carbonyl (C=O) groups excluding carboxylic acids is 1. The molecular formula is C19H28FN3O. The van der Waals surface area contributed by atoms with Crippen LogP contribution in [0.25, 0.3) is 0 Å². The standard InChI is InChI=1S/C19H28FN3O/c20-16-7-5-6-15(12-16)18-13-21-10-11-23(18)14-19(24)22-17-8-3-1-2-4-9-17/h5-7,12,17-18,21H,1-4,8-11,13-14H2,(H,22,24). The van der Waals surface area contributed by atoms with E-state index in [0.717, 1.165) is 38.0 Å². The highest BCUT2D eigenvalue weighted by Crippen LogP contribution is 2.23. The minimum atomic E-state index is -0.221. The van der Waals surface area contributed by atoms with Crippen molar-refractivity contribution < 1.29 is 9.18 Å². The Labute approximate surface area is 143 Å². The van der Waals surface area contributed by atoms with Gasteiger partial charge >= 0.3 is 0 Å². The number of rotatable bonds is 4. The van der Waals surface area contributed by atoms with Crippen LogP contribution in [0.1, 0.15) is 50.1 Å². The molecule has 1 aromatic rings. The van der Waals surface area contributed by atoms with Gasteiger partial charge in [-0.2, -0.15) is 0 Å². The molecule has 1 unspecified atom stereocenters. The summed E-state index contributed by atoms with van der Waals surface area (Å²) >= 11 is 0. The summed E-state index contributed by atoms with van der Waals surface area (Å²) in [7, 11) is 0. The van der Waals surface area contributed by atoms with Crippen molar-refractivity contribution >= 4 is 5.91 Å². The van der Waals surface area contributed by atoms with Gasteiger partial charge in [-0.25, -0.2) is 4.39 Å². The normalized spacial score (nSPS) is 23.6. The molecule has 1 saturated carbocycles. The number of piperazine rings is 1. The topological polar surface area (TPSA) is 44.4 Å². The van der Waals surface area contributed by atoms with Gasteiger partial charge in [0, 0.05) is 31.7 Å². The lowest BCUT2D eigenvalue weighted by Gasteiger charge is -2.36. The van der Waals surface area contributed by atoms with Crippen molar-refractivity contribution in [3.63, 3.8) is 0 Å². The Hall–Kier alpha value is -1.46. The Bertz CT molecular complexity index is 543. The molecule has 1 atom stereocenters.